The van der Waals surface area contributed by atoms with Gasteiger partial charge in [0.2, 0.25) is 5.91 Å². The molecule has 5 nitrogen and oxygen atoms in total. The predicted octanol–water partition coefficient (Wildman–Crippen LogP) is 2.63. The number of nitrogens with two attached hydrogens (primary N) is 1. The van der Waals surface area contributed by atoms with Gasteiger partial charge in [-0.05, 0) is 32.0 Å². The van der Waals surface area contributed by atoms with E-state index >= 15 is 0 Å². The molecular weight excluding hydrogens is 291 g/mol. The number of benzene rings is 1. The van der Waals surface area contributed by atoms with Gasteiger partial charge in [-0.25, -0.2) is 14.4 Å². The Hall–Kier alpha value is -2.15. The van der Waals surface area contributed by atoms with Gasteiger partial charge in [-0.15, -0.1) is 0 Å². The van der Waals surface area contributed by atoms with Crippen LogP contribution >= 0.6 is 11.8 Å². The van der Waals surface area contributed by atoms with Crippen LogP contribution in [0.25, 0.3) is 0 Å². The number of hydrogen-bond donors (Lipinski definition) is 2. The van der Waals surface area contributed by atoms with E-state index in [1.165, 1.54) is 30.0 Å². The summed E-state index contributed by atoms with van der Waals surface area (Å²) in [6.45, 7) is 3.53. The molecule has 1 amide bonds. The second-order valence-electron chi connectivity index (χ2n) is 4.48. The van der Waals surface area contributed by atoms with Gasteiger partial charge < -0.3 is 11.1 Å². The fourth-order valence-corrected chi connectivity index (χ4v) is 2.48. The second kappa shape index (κ2) is 6.53. The third-order valence-electron chi connectivity index (χ3n) is 2.60. The van der Waals surface area contributed by atoms with E-state index in [4.69, 9.17) is 5.73 Å². The van der Waals surface area contributed by atoms with Crippen molar-refractivity contribution in [2.75, 3.05) is 11.1 Å². The minimum absolute atomic E-state index is 0.255. The number of amides is 1. The Labute approximate surface area is 126 Å². The van der Waals surface area contributed by atoms with Gasteiger partial charge in [0.25, 0.3) is 0 Å². The Balaban J connectivity index is 2.02. The molecule has 3 N–H and O–H groups in total. The van der Waals surface area contributed by atoms with Crippen molar-refractivity contribution >= 4 is 29.2 Å². The second-order valence-corrected chi connectivity index (χ2v) is 5.78. The summed E-state index contributed by atoms with van der Waals surface area (Å²) in [7, 11) is 0. The Bertz CT molecular complexity index is 645. The van der Waals surface area contributed by atoms with E-state index in [2.05, 4.69) is 15.3 Å². The predicted molar refractivity (Wildman–Crippen MR) is 81.5 cm³/mol. The topological polar surface area (TPSA) is 80.9 Å². The zero-order valence-corrected chi connectivity index (χ0v) is 12.4. The van der Waals surface area contributed by atoms with E-state index in [0.717, 1.165) is 5.69 Å². The van der Waals surface area contributed by atoms with Crippen LogP contribution in [0.3, 0.4) is 0 Å². The molecule has 1 heterocycles. The highest BCUT2D eigenvalue weighted by atomic mass is 32.2. The van der Waals surface area contributed by atoms with Crippen molar-refractivity contribution in [2.45, 2.75) is 24.3 Å². The van der Waals surface area contributed by atoms with Crippen LogP contribution in [0.15, 0.2) is 35.5 Å². The molecule has 1 aromatic carbocycles. The fraction of sp³-hybridized carbons (Fsp3) is 0.214. The van der Waals surface area contributed by atoms with Crippen molar-refractivity contribution in [1.29, 1.82) is 0 Å². The maximum atomic E-state index is 13.1. The maximum Gasteiger partial charge on any atom is 0.237 e. The first-order chi connectivity index (χ1) is 9.94. The number of halogens is 1. The molecule has 0 aliphatic carbocycles. The summed E-state index contributed by atoms with van der Waals surface area (Å²) in [5, 5.41) is 2.65. The highest BCUT2D eigenvalue weighted by Gasteiger charge is 2.16. The SMILES string of the molecule is Cc1cc(N)nc(SC(C)C(=O)Nc2cccc(F)c2)n1. The number of carbonyl (C=O) groups is 1. The Morgan fingerprint density at radius 2 is 2.14 bits per heavy atom. The number of carbonyl (C=O) groups excluding carboxylic acids is 1. The Morgan fingerprint density at radius 1 is 1.38 bits per heavy atom. The summed E-state index contributed by atoms with van der Waals surface area (Å²) < 4.78 is 13.1. The lowest BCUT2D eigenvalue weighted by Crippen LogP contribution is -2.22. The van der Waals surface area contributed by atoms with Crippen molar-refractivity contribution in [2.24, 2.45) is 0 Å². The standard InChI is InChI=1S/C14H15FN4OS/c1-8-6-12(16)19-14(17-8)21-9(2)13(20)18-11-5-3-4-10(15)7-11/h3-7,9H,1-2H3,(H,18,20)(H2,16,17,19). The molecular formula is C14H15FN4OS. The van der Waals surface area contributed by atoms with Crippen LogP contribution in [-0.4, -0.2) is 21.1 Å². The highest BCUT2D eigenvalue weighted by Crippen LogP contribution is 2.22. The van der Waals surface area contributed by atoms with Gasteiger partial charge in [-0.1, -0.05) is 17.8 Å². The molecule has 7 heteroatoms. The normalized spacial score (nSPS) is 12.0. The average Bonchev–Trinajstić information content (AvgIpc) is 2.37. The molecule has 21 heavy (non-hydrogen) atoms. The molecule has 0 spiro atoms. The lowest BCUT2D eigenvalue weighted by Gasteiger charge is -2.11. The van der Waals surface area contributed by atoms with Crippen molar-refractivity contribution in [3.63, 3.8) is 0 Å². The number of anilines is 2. The van der Waals surface area contributed by atoms with Crippen LogP contribution in [0.2, 0.25) is 0 Å². The lowest BCUT2D eigenvalue weighted by molar-refractivity contribution is -0.115. The summed E-state index contributed by atoms with van der Waals surface area (Å²) in [5.74, 6) is -0.292. The Morgan fingerprint density at radius 3 is 2.81 bits per heavy atom. The molecule has 2 rings (SSSR count). The number of aryl methyl sites for hydroxylation is 1. The van der Waals surface area contributed by atoms with Crippen LogP contribution in [0.1, 0.15) is 12.6 Å². The first-order valence-corrected chi connectivity index (χ1v) is 7.16. The van der Waals surface area contributed by atoms with E-state index < -0.39 is 11.1 Å². The lowest BCUT2D eigenvalue weighted by atomic mass is 10.3. The van der Waals surface area contributed by atoms with Crippen LogP contribution in [0, 0.1) is 12.7 Å². The van der Waals surface area contributed by atoms with Crippen molar-refractivity contribution in [3.8, 4) is 0 Å². The minimum atomic E-state index is -0.436. The number of aromatic nitrogens is 2. The molecule has 0 bridgehead atoms. The number of nitrogens with zero attached hydrogens (tertiary/aromatic N) is 2. The molecule has 0 aliphatic heterocycles. The van der Waals surface area contributed by atoms with Crippen LogP contribution in [0.5, 0.6) is 0 Å². The average molecular weight is 306 g/mol. The van der Waals surface area contributed by atoms with Gasteiger partial charge in [0, 0.05) is 17.4 Å². The first kappa shape index (κ1) is 15.2. The van der Waals surface area contributed by atoms with E-state index in [1.54, 1.807) is 26.0 Å². The number of nitrogens with one attached hydrogen (secondary N) is 1. The third-order valence-corrected chi connectivity index (χ3v) is 3.56. The van der Waals surface area contributed by atoms with Crippen LogP contribution < -0.4 is 11.1 Å². The van der Waals surface area contributed by atoms with Crippen molar-refractivity contribution < 1.29 is 9.18 Å². The van der Waals surface area contributed by atoms with Gasteiger partial charge >= 0.3 is 0 Å². The quantitative estimate of drug-likeness (QED) is 0.670. The molecule has 0 aliphatic rings. The van der Waals surface area contributed by atoms with E-state index in [0.29, 0.717) is 16.7 Å². The third kappa shape index (κ3) is 4.42. The zero-order chi connectivity index (χ0) is 15.4. The van der Waals surface area contributed by atoms with Crippen LogP contribution in [-0.2, 0) is 4.79 Å². The van der Waals surface area contributed by atoms with Gasteiger partial charge in [-0.2, -0.15) is 0 Å². The summed E-state index contributed by atoms with van der Waals surface area (Å²) >= 11 is 1.20. The molecule has 110 valence electrons. The van der Waals surface area contributed by atoms with Gasteiger partial charge in [-0.3, -0.25) is 4.79 Å². The van der Waals surface area contributed by atoms with Gasteiger partial charge in [0.05, 0.1) is 5.25 Å². The zero-order valence-electron chi connectivity index (χ0n) is 11.6. The first-order valence-electron chi connectivity index (χ1n) is 6.28. The summed E-state index contributed by atoms with van der Waals surface area (Å²) in [6.07, 6.45) is 0. The smallest absolute Gasteiger partial charge is 0.237 e. The molecule has 0 fully saturated rings. The monoisotopic (exact) mass is 306 g/mol. The Kier molecular flexibility index (Phi) is 4.74. The molecule has 2 aromatic rings. The molecule has 1 atom stereocenters. The van der Waals surface area contributed by atoms with Crippen molar-refractivity contribution in [3.05, 3.63) is 41.8 Å². The summed E-state index contributed by atoms with van der Waals surface area (Å²) in [5.41, 5.74) is 6.80. The molecule has 1 aromatic heterocycles. The van der Waals surface area contributed by atoms with Crippen LogP contribution in [0.4, 0.5) is 15.9 Å². The summed E-state index contributed by atoms with van der Waals surface area (Å²) in [4.78, 5) is 20.3. The van der Waals surface area contributed by atoms with Gasteiger partial charge in [0.15, 0.2) is 5.16 Å². The maximum absolute atomic E-state index is 13.1. The summed E-state index contributed by atoms with van der Waals surface area (Å²) in [6, 6.07) is 7.39. The minimum Gasteiger partial charge on any atom is -0.384 e. The highest BCUT2D eigenvalue weighted by molar-refractivity contribution is 8.00. The van der Waals surface area contributed by atoms with Crippen molar-refractivity contribution in [1.82, 2.24) is 9.97 Å². The number of hydrogen-bond acceptors (Lipinski definition) is 5. The van der Waals surface area contributed by atoms with E-state index in [-0.39, 0.29) is 5.91 Å². The molecule has 0 radical (unpaired) electrons. The number of nitrogen functional groups attached to an aromatic ring is 1. The van der Waals surface area contributed by atoms with Gasteiger partial charge in [0.1, 0.15) is 11.6 Å². The van der Waals surface area contributed by atoms with E-state index in [1.807, 2.05) is 0 Å². The molecule has 1 unspecified atom stereocenters. The fourth-order valence-electron chi connectivity index (χ4n) is 1.64. The largest absolute Gasteiger partial charge is 0.384 e. The molecule has 0 saturated carbocycles. The van der Waals surface area contributed by atoms with E-state index in [9.17, 15) is 9.18 Å². The number of thioether (sulfide) groups is 1. The molecule has 0 saturated heterocycles. The number of rotatable bonds is 4.